The summed E-state index contributed by atoms with van der Waals surface area (Å²) in [5.74, 6) is 1.20. The molecular weight excluding hydrogens is 358 g/mol. The van der Waals surface area contributed by atoms with E-state index in [4.69, 9.17) is 4.74 Å². The Morgan fingerprint density at radius 3 is 2.69 bits per heavy atom. The third-order valence-corrected chi connectivity index (χ3v) is 4.94. The molecule has 1 aliphatic heterocycles. The van der Waals surface area contributed by atoms with Crippen LogP contribution in [0.5, 0.6) is 0 Å². The van der Waals surface area contributed by atoms with Crippen molar-refractivity contribution >= 4 is 28.7 Å². The normalized spacial score (nSPS) is 26.1. The first-order valence-corrected chi connectivity index (χ1v) is 9.83. The third kappa shape index (κ3) is 3.65. The molecule has 0 aliphatic carbocycles. The van der Waals surface area contributed by atoms with Crippen molar-refractivity contribution in [2.45, 2.75) is 50.0 Å². The molecule has 1 aliphatic rings. The largest absolute Gasteiger partial charge is 0.394 e. The molecule has 4 N–H and O–H groups in total. The van der Waals surface area contributed by atoms with Crippen LogP contribution in [-0.2, 0) is 4.74 Å². The zero-order valence-electron chi connectivity index (χ0n) is 15.0. The number of thioether (sulfide) groups is 1. The highest BCUT2D eigenvalue weighted by Gasteiger charge is 2.44. The van der Waals surface area contributed by atoms with Crippen LogP contribution in [0.4, 0.5) is 5.82 Å². The molecule has 0 radical (unpaired) electrons. The van der Waals surface area contributed by atoms with Crippen molar-refractivity contribution in [2.75, 3.05) is 24.7 Å². The molecule has 1 fully saturated rings. The zero-order chi connectivity index (χ0) is 18.8. The second kappa shape index (κ2) is 8.05. The fourth-order valence-electron chi connectivity index (χ4n) is 2.89. The molecule has 3 heterocycles. The minimum atomic E-state index is -1.19. The minimum Gasteiger partial charge on any atom is -0.394 e. The Labute approximate surface area is 155 Å². The van der Waals surface area contributed by atoms with Crippen molar-refractivity contribution in [2.24, 2.45) is 5.92 Å². The molecule has 9 nitrogen and oxygen atoms in total. The Balaban J connectivity index is 1.95. The molecule has 4 atom stereocenters. The van der Waals surface area contributed by atoms with Gasteiger partial charge < -0.3 is 25.4 Å². The Bertz CT molecular complexity index is 756. The number of rotatable bonds is 7. The number of fused-ring (bicyclic) bond motifs is 1. The molecule has 0 bridgehead atoms. The van der Waals surface area contributed by atoms with Crippen LogP contribution in [0.25, 0.3) is 11.2 Å². The van der Waals surface area contributed by atoms with Gasteiger partial charge in [-0.3, -0.25) is 4.57 Å². The lowest BCUT2D eigenvalue weighted by molar-refractivity contribution is -0.0511. The monoisotopic (exact) mass is 383 g/mol. The Kier molecular flexibility index (Phi) is 5.98. The highest BCUT2D eigenvalue weighted by Crippen LogP contribution is 2.33. The van der Waals surface area contributed by atoms with Crippen LogP contribution in [0.2, 0.25) is 0 Å². The van der Waals surface area contributed by atoms with Gasteiger partial charge in [-0.05, 0) is 18.6 Å². The van der Waals surface area contributed by atoms with Crippen molar-refractivity contribution in [1.82, 2.24) is 19.5 Å². The molecule has 2 aromatic rings. The van der Waals surface area contributed by atoms with E-state index in [0.717, 1.165) is 13.0 Å². The predicted octanol–water partition coefficient (Wildman–Crippen LogP) is 0.618. The van der Waals surface area contributed by atoms with Crippen molar-refractivity contribution < 1.29 is 20.1 Å². The van der Waals surface area contributed by atoms with Gasteiger partial charge in [0.05, 0.1) is 12.9 Å². The second-order valence-corrected chi connectivity index (χ2v) is 7.49. The van der Waals surface area contributed by atoms with Crippen LogP contribution >= 0.6 is 11.8 Å². The Morgan fingerprint density at radius 1 is 1.31 bits per heavy atom. The minimum absolute atomic E-state index is 0.381. The topological polar surface area (TPSA) is 126 Å². The smallest absolute Gasteiger partial charge is 0.191 e. The summed E-state index contributed by atoms with van der Waals surface area (Å²) in [6, 6.07) is 0. The summed E-state index contributed by atoms with van der Waals surface area (Å²) in [6.45, 7) is 4.69. The fourth-order valence-corrected chi connectivity index (χ4v) is 3.25. The first-order valence-electron chi connectivity index (χ1n) is 8.61. The van der Waals surface area contributed by atoms with Gasteiger partial charge in [0, 0.05) is 6.54 Å². The van der Waals surface area contributed by atoms with E-state index in [1.807, 2.05) is 6.26 Å². The second-order valence-electron chi connectivity index (χ2n) is 6.72. The van der Waals surface area contributed by atoms with Crippen molar-refractivity contribution in [1.29, 1.82) is 0 Å². The van der Waals surface area contributed by atoms with Crippen LogP contribution in [-0.4, -0.2) is 72.6 Å². The predicted molar refractivity (Wildman–Crippen MR) is 98.1 cm³/mol. The lowest BCUT2D eigenvalue weighted by Crippen LogP contribution is -2.33. The van der Waals surface area contributed by atoms with E-state index in [1.165, 1.54) is 18.1 Å². The average molecular weight is 383 g/mol. The first kappa shape index (κ1) is 19.3. The Hall–Kier alpha value is -1.46. The van der Waals surface area contributed by atoms with Gasteiger partial charge in [0.2, 0.25) is 0 Å². The van der Waals surface area contributed by atoms with Crippen LogP contribution in [0.1, 0.15) is 26.5 Å². The summed E-state index contributed by atoms with van der Waals surface area (Å²) < 4.78 is 7.18. The van der Waals surface area contributed by atoms with Gasteiger partial charge >= 0.3 is 0 Å². The molecule has 10 heteroatoms. The van der Waals surface area contributed by atoms with Crippen LogP contribution in [0, 0.1) is 5.92 Å². The number of aliphatic hydroxyl groups excluding tert-OH is 3. The molecule has 0 aromatic carbocycles. The van der Waals surface area contributed by atoms with Crippen molar-refractivity contribution in [3.63, 3.8) is 0 Å². The molecule has 1 saturated heterocycles. The summed E-state index contributed by atoms with van der Waals surface area (Å²) in [5.41, 5.74) is 1.08. The van der Waals surface area contributed by atoms with Gasteiger partial charge in [-0.25, -0.2) is 15.0 Å². The molecule has 2 aromatic heterocycles. The maximum Gasteiger partial charge on any atom is 0.191 e. The van der Waals surface area contributed by atoms with E-state index in [1.54, 1.807) is 4.57 Å². The number of nitrogens with zero attached hydrogens (tertiary/aromatic N) is 4. The van der Waals surface area contributed by atoms with Gasteiger partial charge in [-0.1, -0.05) is 25.6 Å². The molecule has 144 valence electrons. The van der Waals surface area contributed by atoms with Gasteiger partial charge in [0.25, 0.3) is 0 Å². The molecule has 3 rings (SSSR count). The van der Waals surface area contributed by atoms with Gasteiger partial charge in [-0.15, -0.1) is 0 Å². The van der Waals surface area contributed by atoms with E-state index in [-0.39, 0.29) is 6.61 Å². The molecular formula is C16H25N5O4S. The lowest BCUT2D eigenvalue weighted by Gasteiger charge is -2.17. The number of aliphatic hydroxyl groups is 3. The number of aromatic nitrogens is 4. The fraction of sp³-hybridized carbons (Fsp3) is 0.688. The SMILES string of the molecule is CSc1nc(NCCC(C)C)c2ncn([C@H]3O[C@H](CO)[C@@H](O)[C@@H]3O)c2n1. The molecule has 26 heavy (non-hydrogen) atoms. The van der Waals surface area contributed by atoms with Crippen LogP contribution < -0.4 is 5.32 Å². The standard InChI is InChI=1S/C16H25N5O4S/c1-8(2)4-5-17-13-10-14(20-16(19-13)26-3)21(7-18-10)15-12(24)11(23)9(6-22)25-15/h7-9,11-12,15,22-24H,4-6H2,1-3H3,(H,17,19,20)/t9-,11-,12+,15+/m1/s1. The summed E-state index contributed by atoms with van der Waals surface area (Å²) >= 11 is 1.40. The number of nitrogens with one attached hydrogen (secondary N) is 1. The maximum absolute atomic E-state index is 10.3. The summed E-state index contributed by atoms with van der Waals surface area (Å²) in [5, 5.41) is 33.5. The van der Waals surface area contributed by atoms with Crippen LogP contribution in [0.15, 0.2) is 11.5 Å². The number of ether oxygens (including phenoxy) is 1. The Morgan fingerprint density at radius 2 is 2.08 bits per heavy atom. The molecule has 0 spiro atoms. The lowest BCUT2D eigenvalue weighted by atomic mass is 10.1. The van der Waals surface area contributed by atoms with Crippen molar-refractivity contribution in [3.8, 4) is 0 Å². The highest BCUT2D eigenvalue weighted by molar-refractivity contribution is 7.98. The third-order valence-electron chi connectivity index (χ3n) is 4.39. The highest BCUT2D eigenvalue weighted by atomic mass is 32.2. The van der Waals surface area contributed by atoms with Gasteiger partial charge in [0.1, 0.15) is 18.3 Å². The number of anilines is 1. The van der Waals surface area contributed by atoms with Crippen LogP contribution in [0.3, 0.4) is 0 Å². The quantitative estimate of drug-likeness (QED) is 0.402. The van der Waals surface area contributed by atoms with E-state index < -0.39 is 24.5 Å². The molecule has 0 unspecified atom stereocenters. The zero-order valence-corrected chi connectivity index (χ0v) is 15.8. The summed E-state index contributed by atoms with van der Waals surface area (Å²) in [4.78, 5) is 13.4. The van der Waals surface area contributed by atoms with E-state index in [2.05, 4.69) is 34.1 Å². The molecule has 0 saturated carbocycles. The number of imidazole rings is 1. The first-order chi connectivity index (χ1) is 12.5. The number of hydrogen-bond donors (Lipinski definition) is 4. The van der Waals surface area contributed by atoms with E-state index in [9.17, 15) is 15.3 Å². The summed E-state index contributed by atoms with van der Waals surface area (Å²) in [6.07, 6.45) is 0.306. The summed E-state index contributed by atoms with van der Waals surface area (Å²) in [7, 11) is 0. The average Bonchev–Trinajstić information content (AvgIpc) is 3.16. The van der Waals surface area contributed by atoms with Gasteiger partial charge in [0.15, 0.2) is 28.4 Å². The molecule has 0 amide bonds. The number of hydrogen-bond acceptors (Lipinski definition) is 9. The van der Waals surface area contributed by atoms with Gasteiger partial charge in [-0.2, -0.15) is 0 Å². The van der Waals surface area contributed by atoms with E-state index >= 15 is 0 Å². The maximum atomic E-state index is 10.3. The van der Waals surface area contributed by atoms with E-state index in [0.29, 0.717) is 28.1 Å². The van der Waals surface area contributed by atoms with Crippen molar-refractivity contribution in [3.05, 3.63) is 6.33 Å².